The van der Waals surface area contributed by atoms with Crippen molar-refractivity contribution in [3.05, 3.63) is 40.7 Å². The lowest BCUT2D eigenvalue weighted by Gasteiger charge is -2.24. The summed E-state index contributed by atoms with van der Waals surface area (Å²) in [7, 11) is 1.36. The Morgan fingerprint density at radius 2 is 2.16 bits per heavy atom. The molecule has 1 aliphatic heterocycles. The molecule has 0 fully saturated rings. The molecule has 0 radical (unpaired) electrons. The molecule has 0 saturated heterocycles. The average Bonchev–Trinajstić information content (AvgIpc) is 3.01. The Hall–Kier alpha value is -2.13. The third kappa shape index (κ3) is 4.49. The fraction of sp³-hybridized carbons (Fsp3) is 0.312. The Labute approximate surface area is 152 Å². The van der Waals surface area contributed by atoms with Crippen LogP contribution in [0.1, 0.15) is 10.6 Å². The molecule has 0 atom stereocenters. The highest BCUT2D eigenvalue weighted by Gasteiger charge is 2.24. The molecule has 3 rings (SSSR count). The number of anilines is 1. The van der Waals surface area contributed by atoms with Crippen LogP contribution in [0.15, 0.2) is 29.2 Å². The minimum Gasteiger partial charge on any atom is -0.453 e. The largest absolute Gasteiger partial charge is 0.453 e. The van der Waals surface area contributed by atoms with Crippen molar-refractivity contribution in [2.24, 2.45) is 0 Å². The maximum absolute atomic E-state index is 12.9. The van der Waals surface area contributed by atoms with E-state index >= 15 is 0 Å². The molecular formula is C16H16FN3O3S2. The van der Waals surface area contributed by atoms with Gasteiger partial charge < -0.3 is 15.0 Å². The van der Waals surface area contributed by atoms with Crippen LogP contribution in [0.3, 0.4) is 0 Å². The minimum absolute atomic E-state index is 0.176. The standard InChI is InChI=1S/C16H16FN3O3S2/c1-23-16(22)20-7-6-12-13(8-20)25-15(18-12)19-14(21)9-24-11-4-2-10(17)3-5-11/h2-5H,6-9H2,1H3,(H,18,19,21). The summed E-state index contributed by atoms with van der Waals surface area (Å²) in [5.74, 6) is -0.266. The lowest BCUT2D eigenvalue weighted by Crippen LogP contribution is -2.35. The Kier molecular flexibility index (Phi) is 5.54. The number of hydrogen-bond acceptors (Lipinski definition) is 6. The fourth-order valence-electron chi connectivity index (χ4n) is 2.37. The highest BCUT2D eigenvalue weighted by atomic mass is 32.2. The molecule has 0 spiro atoms. The number of fused-ring (bicyclic) bond motifs is 1. The topological polar surface area (TPSA) is 71.5 Å². The summed E-state index contributed by atoms with van der Waals surface area (Å²) in [5.41, 5.74) is 0.909. The molecule has 1 N–H and O–H groups in total. The van der Waals surface area contributed by atoms with Gasteiger partial charge in [0, 0.05) is 22.7 Å². The number of thioether (sulfide) groups is 1. The number of halogens is 1. The predicted octanol–water partition coefficient (Wildman–Crippen LogP) is 3.14. The first-order chi connectivity index (χ1) is 12.0. The van der Waals surface area contributed by atoms with Crippen molar-refractivity contribution in [1.82, 2.24) is 9.88 Å². The molecule has 0 bridgehead atoms. The van der Waals surface area contributed by atoms with E-state index in [-0.39, 0.29) is 23.6 Å². The number of hydrogen-bond donors (Lipinski definition) is 1. The van der Waals surface area contributed by atoms with Crippen molar-refractivity contribution < 1.29 is 18.7 Å². The van der Waals surface area contributed by atoms with Gasteiger partial charge in [-0.1, -0.05) is 11.3 Å². The van der Waals surface area contributed by atoms with Gasteiger partial charge in [0.05, 0.1) is 25.1 Å². The number of ether oxygens (including phenoxy) is 1. The number of rotatable bonds is 4. The van der Waals surface area contributed by atoms with Crippen LogP contribution in [0.5, 0.6) is 0 Å². The lowest BCUT2D eigenvalue weighted by molar-refractivity contribution is -0.113. The van der Waals surface area contributed by atoms with Crippen molar-refractivity contribution >= 4 is 40.2 Å². The molecule has 2 heterocycles. The van der Waals surface area contributed by atoms with Crippen LogP contribution in [0.25, 0.3) is 0 Å². The Balaban J connectivity index is 1.55. The van der Waals surface area contributed by atoms with E-state index in [1.165, 1.54) is 42.3 Å². The Bertz CT molecular complexity index is 779. The molecule has 6 nitrogen and oxygen atoms in total. The first-order valence-electron chi connectivity index (χ1n) is 7.55. The third-order valence-electron chi connectivity index (χ3n) is 3.59. The number of nitrogens with one attached hydrogen (secondary N) is 1. The van der Waals surface area contributed by atoms with Crippen LogP contribution < -0.4 is 5.32 Å². The molecule has 2 aromatic rings. The minimum atomic E-state index is -0.361. The summed E-state index contributed by atoms with van der Waals surface area (Å²) in [6.45, 7) is 0.997. The van der Waals surface area contributed by atoms with Crippen LogP contribution in [0.4, 0.5) is 14.3 Å². The number of amides is 2. The number of carbonyl (C=O) groups is 2. The van der Waals surface area contributed by atoms with Crippen molar-refractivity contribution in [2.75, 3.05) is 24.7 Å². The van der Waals surface area contributed by atoms with E-state index in [2.05, 4.69) is 10.3 Å². The number of thiazole rings is 1. The Morgan fingerprint density at radius 3 is 2.88 bits per heavy atom. The molecule has 9 heteroatoms. The van der Waals surface area contributed by atoms with E-state index in [4.69, 9.17) is 4.74 Å². The number of carbonyl (C=O) groups excluding carboxylic acids is 2. The Morgan fingerprint density at radius 1 is 1.40 bits per heavy atom. The molecule has 25 heavy (non-hydrogen) atoms. The van der Waals surface area contributed by atoms with Crippen molar-refractivity contribution in [2.45, 2.75) is 17.9 Å². The monoisotopic (exact) mass is 381 g/mol. The maximum atomic E-state index is 12.9. The van der Waals surface area contributed by atoms with Crippen LogP contribution in [-0.4, -0.2) is 41.3 Å². The van der Waals surface area contributed by atoms with E-state index in [0.29, 0.717) is 24.6 Å². The first kappa shape index (κ1) is 17.7. The summed E-state index contributed by atoms with van der Waals surface area (Å²) < 4.78 is 17.6. The summed E-state index contributed by atoms with van der Waals surface area (Å²) in [4.78, 5) is 31.5. The van der Waals surface area contributed by atoms with Gasteiger partial charge in [-0.15, -0.1) is 11.8 Å². The second kappa shape index (κ2) is 7.83. The molecule has 2 amide bonds. The summed E-state index contributed by atoms with van der Waals surface area (Å²) >= 11 is 2.69. The molecule has 0 saturated carbocycles. The van der Waals surface area contributed by atoms with Crippen LogP contribution >= 0.6 is 23.1 Å². The molecular weight excluding hydrogens is 365 g/mol. The van der Waals surface area contributed by atoms with Gasteiger partial charge in [-0.3, -0.25) is 4.79 Å². The maximum Gasteiger partial charge on any atom is 0.409 e. The van der Waals surface area contributed by atoms with Gasteiger partial charge in [0.1, 0.15) is 5.82 Å². The second-order valence-electron chi connectivity index (χ2n) is 5.32. The van der Waals surface area contributed by atoms with Gasteiger partial charge in [-0.25, -0.2) is 14.2 Å². The van der Waals surface area contributed by atoms with Gasteiger partial charge in [0.2, 0.25) is 5.91 Å². The van der Waals surface area contributed by atoms with Crippen molar-refractivity contribution in [1.29, 1.82) is 0 Å². The zero-order valence-corrected chi connectivity index (χ0v) is 15.1. The molecule has 1 aromatic carbocycles. The van der Waals surface area contributed by atoms with Crippen molar-refractivity contribution in [3.8, 4) is 0 Å². The fourth-order valence-corrected chi connectivity index (χ4v) is 4.11. The van der Waals surface area contributed by atoms with Crippen molar-refractivity contribution in [3.63, 3.8) is 0 Å². The molecule has 1 aromatic heterocycles. The number of methoxy groups -OCH3 is 1. The van der Waals surface area contributed by atoms with Gasteiger partial charge in [-0.2, -0.15) is 0 Å². The van der Waals surface area contributed by atoms with Gasteiger partial charge in [0.15, 0.2) is 5.13 Å². The molecule has 0 unspecified atom stereocenters. The molecule has 1 aliphatic rings. The summed E-state index contributed by atoms with van der Waals surface area (Å²) in [6.07, 6.45) is 0.279. The quantitative estimate of drug-likeness (QED) is 0.824. The van der Waals surface area contributed by atoms with Crippen LogP contribution in [-0.2, 0) is 22.5 Å². The highest BCUT2D eigenvalue weighted by Crippen LogP contribution is 2.29. The number of nitrogens with zero attached hydrogens (tertiary/aromatic N) is 2. The first-order valence-corrected chi connectivity index (χ1v) is 9.35. The number of benzene rings is 1. The summed E-state index contributed by atoms with van der Waals surface area (Å²) in [5, 5.41) is 3.31. The van der Waals surface area contributed by atoms with E-state index in [0.717, 1.165) is 15.5 Å². The van der Waals surface area contributed by atoms with E-state index in [9.17, 15) is 14.0 Å². The summed E-state index contributed by atoms with van der Waals surface area (Å²) in [6, 6.07) is 6.00. The zero-order valence-electron chi connectivity index (χ0n) is 13.5. The zero-order chi connectivity index (χ0) is 17.8. The van der Waals surface area contributed by atoms with E-state index < -0.39 is 0 Å². The smallest absolute Gasteiger partial charge is 0.409 e. The van der Waals surface area contributed by atoms with E-state index in [1.807, 2.05) is 0 Å². The van der Waals surface area contributed by atoms with Gasteiger partial charge in [0.25, 0.3) is 0 Å². The third-order valence-corrected chi connectivity index (χ3v) is 5.60. The van der Waals surface area contributed by atoms with Gasteiger partial charge in [-0.05, 0) is 24.3 Å². The lowest BCUT2D eigenvalue weighted by atomic mass is 10.2. The predicted molar refractivity (Wildman–Crippen MR) is 94.4 cm³/mol. The molecule has 0 aliphatic carbocycles. The molecule has 132 valence electrons. The highest BCUT2D eigenvalue weighted by molar-refractivity contribution is 8.00. The SMILES string of the molecule is COC(=O)N1CCc2nc(NC(=O)CSc3ccc(F)cc3)sc2C1. The van der Waals surface area contributed by atoms with Crippen LogP contribution in [0, 0.1) is 5.82 Å². The normalized spacial score (nSPS) is 13.3. The van der Waals surface area contributed by atoms with E-state index in [1.54, 1.807) is 17.0 Å². The second-order valence-corrected chi connectivity index (χ2v) is 7.45. The number of aromatic nitrogens is 1. The van der Waals surface area contributed by atoms with Gasteiger partial charge >= 0.3 is 6.09 Å². The average molecular weight is 381 g/mol. The van der Waals surface area contributed by atoms with Crippen LogP contribution in [0.2, 0.25) is 0 Å².